The van der Waals surface area contributed by atoms with Gasteiger partial charge >= 0.3 is 0 Å². The van der Waals surface area contributed by atoms with E-state index in [0.29, 0.717) is 6.54 Å². The van der Waals surface area contributed by atoms with Gasteiger partial charge in [-0.15, -0.1) is 0 Å². The Labute approximate surface area is 109 Å². The molecule has 0 spiro atoms. The van der Waals surface area contributed by atoms with Crippen LogP contribution in [0.25, 0.3) is 0 Å². The summed E-state index contributed by atoms with van der Waals surface area (Å²) in [5.41, 5.74) is 7.54. The van der Waals surface area contributed by atoms with Crippen molar-refractivity contribution in [2.45, 2.75) is 13.8 Å². The number of rotatable bonds is 5. The molecular weight excluding hydrogens is 226 g/mol. The average Bonchev–Trinajstić information content (AvgIpc) is 2.29. The van der Waals surface area contributed by atoms with Crippen LogP contribution >= 0.6 is 0 Å². The van der Waals surface area contributed by atoms with E-state index >= 15 is 0 Å². The molecule has 0 aromatic heterocycles. The molecular formula is C14H23N3O. The predicted octanol–water partition coefficient (Wildman–Crippen LogP) is 1.92. The summed E-state index contributed by atoms with van der Waals surface area (Å²) < 4.78 is 0. The zero-order valence-corrected chi connectivity index (χ0v) is 11.6. The fraction of sp³-hybridized carbons (Fsp3) is 0.500. The van der Waals surface area contributed by atoms with Crippen molar-refractivity contribution >= 4 is 17.3 Å². The normalized spacial score (nSPS) is 12.3. The van der Waals surface area contributed by atoms with Gasteiger partial charge in [-0.1, -0.05) is 13.8 Å². The van der Waals surface area contributed by atoms with Gasteiger partial charge in [0, 0.05) is 32.0 Å². The third-order valence-electron chi connectivity index (χ3n) is 3.05. The van der Waals surface area contributed by atoms with E-state index in [4.69, 9.17) is 5.73 Å². The molecule has 4 heteroatoms. The molecule has 0 aliphatic rings. The molecule has 1 aromatic rings. The number of nitrogens with zero attached hydrogens (tertiary/aromatic N) is 1. The third-order valence-corrected chi connectivity index (χ3v) is 3.05. The monoisotopic (exact) mass is 249 g/mol. The first-order chi connectivity index (χ1) is 8.45. The van der Waals surface area contributed by atoms with Crippen molar-refractivity contribution < 1.29 is 4.79 Å². The Hall–Kier alpha value is -1.55. The van der Waals surface area contributed by atoms with Gasteiger partial charge in [0.15, 0.2) is 0 Å². The van der Waals surface area contributed by atoms with Crippen LogP contribution in [0.2, 0.25) is 0 Å². The van der Waals surface area contributed by atoms with E-state index < -0.39 is 0 Å². The van der Waals surface area contributed by atoms with Gasteiger partial charge in [-0.25, -0.2) is 0 Å². The second-order valence-electron chi connectivity index (χ2n) is 5.02. The Morgan fingerprint density at radius 2 is 1.83 bits per heavy atom. The summed E-state index contributed by atoms with van der Waals surface area (Å²) in [5, 5.41) is 2.90. The third kappa shape index (κ3) is 3.74. The Morgan fingerprint density at radius 3 is 2.22 bits per heavy atom. The molecule has 3 N–H and O–H groups in total. The summed E-state index contributed by atoms with van der Waals surface area (Å²) in [4.78, 5) is 14.0. The van der Waals surface area contributed by atoms with Gasteiger partial charge in [0.2, 0.25) is 5.91 Å². The highest BCUT2D eigenvalue weighted by Crippen LogP contribution is 2.17. The van der Waals surface area contributed by atoms with Crippen LogP contribution in [0.1, 0.15) is 13.8 Å². The van der Waals surface area contributed by atoms with Crippen LogP contribution in [-0.2, 0) is 4.79 Å². The molecule has 1 aromatic carbocycles. The summed E-state index contributed by atoms with van der Waals surface area (Å²) >= 11 is 0. The highest BCUT2D eigenvalue weighted by molar-refractivity contribution is 5.93. The van der Waals surface area contributed by atoms with Crippen LogP contribution in [0, 0.1) is 11.8 Å². The molecule has 18 heavy (non-hydrogen) atoms. The fourth-order valence-corrected chi connectivity index (χ4v) is 1.76. The molecule has 0 saturated carbocycles. The van der Waals surface area contributed by atoms with Crippen molar-refractivity contribution in [1.29, 1.82) is 0 Å². The Bertz CT molecular complexity index is 385. The van der Waals surface area contributed by atoms with E-state index in [1.165, 1.54) is 0 Å². The smallest absolute Gasteiger partial charge is 0.229 e. The number of hydrogen-bond acceptors (Lipinski definition) is 3. The zero-order valence-electron chi connectivity index (χ0n) is 11.6. The SMILES string of the molecule is CC(C)C(CN)C(=O)Nc1ccc(N(C)C)cc1. The topological polar surface area (TPSA) is 58.4 Å². The maximum Gasteiger partial charge on any atom is 0.229 e. The lowest BCUT2D eigenvalue weighted by Crippen LogP contribution is -2.33. The molecule has 100 valence electrons. The predicted molar refractivity (Wildman–Crippen MR) is 76.8 cm³/mol. The second-order valence-corrected chi connectivity index (χ2v) is 5.02. The number of hydrogen-bond donors (Lipinski definition) is 2. The number of nitrogens with two attached hydrogens (primary N) is 1. The minimum Gasteiger partial charge on any atom is -0.378 e. The lowest BCUT2D eigenvalue weighted by molar-refractivity contribution is -0.120. The molecule has 0 saturated heterocycles. The summed E-state index contributed by atoms with van der Waals surface area (Å²) in [6.45, 7) is 4.39. The van der Waals surface area contributed by atoms with Gasteiger partial charge in [0.05, 0.1) is 5.92 Å². The molecule has 0 radical (unpaired) electrons. The summed E-state index contributed by atoms with van der Waals surface area (Å²) in [5.74, 6) is 0.0969. The summed E-state index contributed by atoms with van der Waals surface area (Å²) in [6.07, 6.45) is 0. The van der Waals surface area contributed by atoms with E-state index in [9.17, 15) is 4.79 Å². The minimum atomic E-state index is -0.140. The number of carbonyl (C=O) groups excluding carboxylic acids is 1. The molecule has 0 heterocycles. The highest BCUT2D eigenvalue weighted by Gasteiger charge is 2.20. The van der Waals surface area contributed by atoms with Crippen LogP contribution in [0.3, 0.4) is 0 Å². The fourth-order valence-electron chi connectivity index (χ4n) is 1.76. The quantitative estimate of drug-likeness (QED) is 0.838. The van der Waals surface area contributed by atoms with Crippen molar-refractivity contribution in [1.82, 2.24) is 0 Å². The largest absolute Gasteiger partial charge is 0.378 e. The maximum atomic E-state index is 12.0. The average molecular weight is 249 g/mol. The maximum absolute atomic E-state index is 12.0. The number of amides is 1. The van der Waals surface area contributed by atoms with Crippen LogP contribution in [0.15, 0.2) is 24.3 Å². The van der Waals surface area contributed by atoms with E-state index in [-0.39, 0.29) is 17.7 Å². The van der Waals surface area contributed by atoms with Crippen molar-refractivity contribution in [3.63, 3.8) is 0 Å². The Balaban J connectivity index is 2.70. The molecule has 1 unspecified atom stereocenters. The van der Waals surface area contributed by atoms with E-state index in [1.54, 1.807) is 0 Å². The zero-order chi connectivity index (χ0) is 13.7. The van der Waals surface area contributed by atoms with Crippen molar-refractivity contribution in [3.8, 4) is 0 Å². The first kappa shape index (κ1) is 14.5. The van der Waals surface area contributed by atoms with Crippen LogP contribution in [-0.4, -0.2) is 26.5 Å². The van der Waals surface area contributed by atoms with Crippen LogP contribution < -0.4 is 16.0 Å². The number of nitrogens with one attached hydrogen (secondary N) is 1. The molecule has 0 aliphatic carbocycles. The first-order valence-electron chi connectivity index (χ1n) is 6.24. The molecule has 1 atom stereocenters. The van der Waals surface area contributed by atoms with Crippen LogP contribution in [0.4, 0.5) is 11.4 Å². The van der Waals surface area contributed by atoms with E-state index in [0.717, 1.165) is 11.4 Å². The molecule has 0 bridgehead atoms. The first-order valence-corrected chi connectivity index (χ1v) is 6.24. The molecule has 4 nitrogen and oxygen atoms in total. The van der Waals surface area contributed by atoms with E-state index in [1.807, 2.05) is 57.1 Å². The number of carbonyl (C=O) groups is 1. The van der Waals surface area contributed by atoms with Gasteiger partial charge in [-0.2, -0.15) is 0 Å². The number of anilines is 2. The minimum absolute atomic E-state index is 0.00916. The standard InChI is InChI=1S/C14H23N3O/c1-10(2)13(9-15)14(18)16-11-5-7-12(8-6-11)17(3)4/h5-8,10,13H,9,15H2,1-4H3,(H,16,18). The second kappa shape index (κ2) is 6.40. The number of benzene rings is 1. The van der Waals surface area contributed by atoms with Crippen molar-refractivity contribution in [2.24, 2.45) is 17.6 Å². The van der Waals surface area contributed by atoms with Gasteiger partial charge in [0.1, 0.15) is 0 Å². The van der Waals surface area contributed by atoms with Crippen LogP contribution in [0.5, 0.6) is 0 Å². The van der Waals surface area contributed by atoms with Gasteiger partial charge in [-0.05, 0) is 30.2 Å². The van der Waals surface area contributed by atoms with E-state index in [2.05, 4.69) is 5.32 Å². The lowest BCUT2D eigenvalue weighted by Gasteiger charge is -2.18. The lowest BCUT2D eigenvalue weighted by atomic mass is 9.95. The highest BCUT2D eigenvalue weighted by atomic mass is 16.1. The Morgan fingerprint density at radius 1 is 1.28 bits per heavy atom. The molecule has 0 fully saturated rings. The van der Waals surface area contributed by atoms with Gasteiger partial charge in [0.25, 0.3) is 0 Å². The van der Waals surface area contributed by atoms with Crippen molar-refractivity contribution in [2.75, 3.05) is 30.9 Å². The molecule has 1 rings (SSSR count). The molecule has 1 amide bonds. The summed E-state index contributed by atoms with van der Waals surface area (Å²) in [7, 11) is 3.97. The Kier molecular flexibility index (Phi) is 5.16. The molecule has 0 aliphatic heterocycles. The van der Waals surface area contributed by atoms with Gasteiger partial charge in [-0.3, -0.25) is 4.79 Å². The van der Waals surface area contributed by atoms with Crippen molar-refractivity contribution in [3.05, 3.63) is 24.3 Å². The summed E-state index contributed by atoms with van der Waals surface area (Å²) in [6, 6.07) is 7.76. The van der Waals surface area contributed by atoms with Gasteiger partial charge < -0.3 is 16.0 Å².